The standard InChI is InChI=1S/C14H22N2O2S/c1-11-10-19-14(18)16(11)9-8-13(17)15-12-6-4-2-3-5-7-12/h10,12H,2-9H2,1H3,(H,15,17). The summed E-state index contributed by atoms with van der Waals surface area (Å²) in [5.41, 5.74) is 0.942. The summed E-state index contributed by atoms with van der Waals surface area (Å²) in [6.07, 6.45) is 7.61. The van der Waals surface area contributed by atoms with Crippen molar-refractivity contribution in [3.63, 3.8) is 0 Å². The van der Waals surface area contributed by atoms with E-state index in [0.717, 1.165) is 18.5 Å². The number of hydrogen-bond acceptors (Lipinski definition) is 3. The molecule has 2 rings (SSSR count). The highest BCUT2D eigenvalue weighted by molar-refractivity contribution is 7.07. The molecule has 1 aliphatic rings. The lowest BCUT2D eigenvalue weighted by molar-refractivity contribution is -0.122. The molecule has 19 heavy (non-hydrogen) atoms. The lowest BCUT2D eigenvalue weighted by Gasteiger charge is -2.16. The van der Waals surface area contributed by atoms with Gasteiger partial charge in [0.1, 0.15) is 0 Å². The van der Waals surface area contributed by atoms with Gasteiger partial charge in [-0.05, 0) is 19.8 Å². The predicted octanol–water partition coefficient (Wildman–Crippen LogP) is 2.45. The van der Waals surface area contributed by atoms with Gasteiger partial charge in [-0.15, -0.1) is 0 Å². The largest absolute Gasteiger partial charge is 0.353 e. The third-order valence-electron chi connectivity index (χ3n) is 3.76. The zero-order chi connectivity index (χ0) is 13.7. The first kappa shape index (κ1) is 14.3. The summed E-state index contributed by atoms with van der Waals surface area (Å²) in [7, 11) is 0. The summed E-state index contributed by atoms with van der Waals surface area (Å²) in [6, 6.07) is 0.343. The van der Waals surface area contributed by atoms with Gasteiger partial charge in [0.15, 0.2) is 0 Å². The number of rotatable bonds is 4. The first-order valence-electron chi connectivity index (χ1n) is 7.11. The second kappa shape index (κ2) is 6.89. The predicted molar refractivity (Wildman–Crippen MR) is 77.6 cm³/mol. The highest BCUT2D eigenvalue weighted by atomic mass is 32.1. The van der Waals surface area contributed by atoms with Gasteiger partial charge in [0.05, 0.1) is 0 Å². The van der Waals surface area contributed by atoms with Crippen molar-refractivity contribution in [3.05, 3.63) is 20.7 Å². The highest BCUT2D eigenvalue weighted by Crippen LogP contribution is 2.17. The molecule has 0 bridgehead atoms. The summed E-state index contributed by atoms with van der Waals surface area (Å²) in [4.78, 5) is 23.5. The van der Waals surface area contributed by atoms with E-state index in [1.54, 1.807) is 4.57 Å². The summed E-state index contributed by atoms with van der Waals surface area (Å²) < 4.78 is 1.68. The minimum absolute atomic E-state index is 0.0276. The van der Waals surface area contributed by atoms with E-state index in [1.165, 1.54) is 37.0 Å². The van der Waals surface area contributed by atoms with Crippen molar-refractivity contribution in [2.75, 3.05) is 0 Å². The molecule has 0 aliphatic heterocycles. The maximum absolute atomic E-state index is 11.9. The molecule has 5 heteroatoms. The molecule has 1 aromatic rings. The van der Waals surface area contributed by atoms with Crippen LogP contribution in [0.15, 0.2) is 10.2 Å². The molecule has 0 aromatic carbocycles. The topological polar surface area (TPSA) is 51.1 Å². The molecule has 1 fully saturated rings. The number of carbonyl (C=O) groups excluding carboxylic acids is 1. The molecular formula is C14H22N2O2S. The normalized spacial score (nSPS) is 17.1. The molecule has 1 amide bonds. The molecule has 0 atom stereocenters. The van der Waals surface area contributed by atoms with Crippen LogP contribution in [-0.2, 0) is 11.3 Å². The van der Waals surface area contributed by atoms with Gasteiger partial charge in [-0.2, -0.15) is 0 Å². The summed E-state index contributed by atoms with van der Waals surface area (Å²) in [5, 5.41) is 4.95. The zero-order valence-electron chi connectivity index (χ0n) is 11.5. The molecule has 0 unspecified atom stereocenters. The fraction of sp³-hybridized carbons (Fsp3) is 0.714. The molecule has 1 saturated carbocycles. The average molecular weight is 282 g/mol. The number of hydrogen-bond donors (Lipinski definition) is 1. The van der Waals surface area contributed by atoms with Crippen LogP contribution in [0.1, 0.15) is 50.6 Å². The van der Waals surface area contributed by atoms with Crippen molar-refractivity contribution in [2.24, 2.45) is 0 Å². The van der Waals surface area contributed by atoms with Crippen LogP contribution in [0.4, 0.5) is 0 Å². The van der Waals surface area contributed by atoms with Gasteiger partial charge in [0.2, 0.25) is 5.91 Å². The first-order valence-corrected chi connectivity index (χ1v) is 7.99. The second-order valence-corrected chi connectivity index (χ2v) is 6.12. The molecule has 106 valence electrons. The minimum Gasteiger partial charge on any atom is -0.353 e. The quantitative estimate of drug-likeness (QED) is 0.862. The van der Waals surface area contributed by atoms with Crippen LogP contribution in [0.2, 0.25) is 0 Å². The second-order valence-electron chi connectivity index (χ2n) is 5.30. The minimum atomic E-state index is 0.0276. The van der Waals surface area contributed by atoms with Gasteiger partial charge in [-0.3, -0.25) is 9.59 Å². The third kappa shape index (κ3) is 4.20. The molecule has 1 N–H and O–H groups in total. The fourth-order valence-corrected chi connectivity index (χ4v) is 3.37. The van der Waals surface area contributed by atoms with Crippen molar-refractivity contribution in [1.29, 1.82) is 0 Å². The van der Waals surface area contributed by atoms with E-state index in [4.69, 9.17) is 0 Å². The smallest absolute Gasteiger partial charge is 0.307 e. The Kier molecular flexibility index (Phi) is 5.19. The van der Waals surface area contributed by atoms with Crippen LogP contribution in [0.3, 0.4) is 0 Å². The van der Waals surface area contributed by atoms with Gasteiger partial charge >= 0.3 is 4.87 Å². The number of thiazole rings is 1. The van der Waals surface area contributed by atoms with E-state index in [2.05, 4.69) is 5.32 Å². The van der Waals surface area contributed by atoms with Crippen molar-refractivity contribution >= 4 is 17.2 Å². The number of nitrogens with zero attached hydrogens (tertiary/aromatic N) is 1. The molecule has 1 aromatic heterocycles. The van der Waals surface area contributed by atoms with E-state index in [-0.39, 0.29) is 10.8 Å². The van der Waals surface area contributed by atoms with E-state index >= 15 is 0 Å². The molecule has 0 spiro atoms. The van der Waals surface area contributed by atoms with Gasteiger partial charge in [0.25, 0.3) is 0 Å². The zero-order valence-corrected chi connectivity index (χ0v) is 12.3. The van der Waals surface area contributed by atoms with E-state index in [0.29, 0.717) is 19.0 Å². The van der Waals surface area contributed by atoms with Gasteiger partial charge in [-0.25, -0.2) is 0 Å². The fourth-order valence-electron chi connectivity index (χ4n) is 2.61. The molecule has 0 saturated heterocycles. The Morgan fingerprint density at radius 2 is 2.05 bits per heavy atom. The van der Waals surface area contributed by atoms with Crippen LogP contribution in [0, 0.1) is 6.92 Å². The Balaban J connectivity index is 1.79. The number of nitrogens with one attached hydrogen (secondary N) is 1. The summed E-state index contributed by atoms with van der Waals surface area (Å²) in [6.45, 7) is 2.40. The van der Waals surface area contributed by atoms with E-state index in [1.807, 2.05) is 12.3 Å². The van der Waals surface area contributed by atoms with Crippen molar-refractivity contribution in [1.82, 2.24) is 9.88 Å². The third-order valence-corrected chi connectivity index (χ3v) is 4.64. The maximum Gasteiger partial charge on any atom is 0.307 e. The molecule has 1 heterocycles. The SMILES string of the molecule is Cc1csc(=O)n1CCC(=O)NC1CCCCCC1. The van der Waals surface area contributed by atoms with Crippen LogP contribution in [0.25, 0.3) is 0 Å². The Hall–Kier alpha value is -1.10. The van der Waals surface area contributed by atoms with Crippen LogP contribution in [0.5, 0.6) is 0 Å². The lowest BCUT2D eigenvalue weighted by atomic mass is 10.1. The first-order chi connectivity index (χ1) is 9.16. The number of aromatic nitrogens is 1. The van der Waals surface area contributed by atoms with Crippen LogP contribution in [-0.4, -0.2) is 16.5 Å². The number of amides is 1. The summed E-state index contributed by atoms with van der Waals surface area (Å²) in [5.74, 6) is 0.0735. The lowest BCUT2D eigenvalue weighted by Crippen LogP contribution is -2.35. The Labute approximate surface area is 117 Å². The Bertz CT molecular complexity index is 470. The van der Waals surface area contributed by atoms with Crippen molar-refractivity contribution < 1.29 is 4.79 Å². The van der Waals surface area contributed by atoms with Gasteiger partial charge in [-0.1, -0.05) is 37.0 Å². The van der Waals surface area contributed by atoms with Gasteiger partial charge in [0, 0.05) is 30.1 Å². The molecular weight excluding hydrogens is 260 g/mol. The molecule has 4 nitrogen and oxygen atoms in total. The van der Waals surface area contributed by atoms with Crippen LogP contribution < -0.4 is 10.2 Å². The molecule has 1 aliphatic carbocycles. The Morgan fingerprint density at radius 3 is 2.63 bits per heavy atom. The summed E-state index contributed by atoms with van der Waals surface area (Å²) >= 11 is 1.20. The van der Waals surface area contributed by atoms with E-state index < -0.39 is 0 Å². The maximum atomic E-state index is 11.9. The molecule has 0 radical (unpaired) electrons. The van der Waals surface area contributed by atoms with Crippen LogP contribution >= 0.6 is 11.3 Å². The van der Waals surface area contributed by atoms with Crippen molar-refractivity contribution in [2.45, 2.75) is 64.5 Å². The van der Waals surface area contributed by atoms with Crippen molar-refractivity contribution in [3.8, 4) is 0 Å². The highest BCUT2D eigenvalue weighted by Gasteiger charge is 2.14. The van der Waals surface area contributed by atoms with E-state index in [9.17, 15) is 9.59 Å². The van der Waals surface area contributed by atoms with Gasteiger partial charge < -0.3 is 9.88 Å². The number of carbonyl (C=O) groups is 1. The monoisotopic (exact) mass is 282 g/mol. The number of aryl methyl sites for hydroxylation is 1. The Morgan fingerprint density at radius 1 is 1.37 bits per heavy atom. The average Bonchev–Trinajstić information content (AvgIpc) is 2.59.